The van der Waals surface area contributed by atoms with Crippen LogP contribution in [0.15, 0.2) is 12.3 Å². The highest BCUT2D eigenvalue weighted by Gasteiger charge is 2.18. The summed E-state index contributed by atoms with van der Waals surface area (Å²) in [7, 11) is 0. The highest BCUT2D eigenvalue weighted by atomic mass is 35.5. The number of hydrogen-bond acceptors (Lipinski definition) is 4. The molecule has 0 saturated carbocycles. The molecule has 0 aliphatic carbocycles. The van der Waals surface area contributed by atoms with Gasteiger partial charge in [-0.2, -0.15) is 5.10 Å². The molecule has 76 valence electrons. The molecular weight excluding hydrogens is 204 g/mol. The van der Waals surface area contributed by atoms with Crippen LogP contribution in [0.1, 0.15) is 31.1 Å². The summed E-state index contributed by atoms with van der Waals surface area (Å²) in [5.41, 5.74) is -0.216. The average molecular weight is 215 g/mol. The maximum Gasteiger partial charge on any atom is 0.340 e. The van der Waals surface area contributed by atoms with Crippen LogP contribution in [-0.2, 0) is 4.74 Å². The van der Waals surface area contributed by atoms with Crippen LogP contribution in [0.25, 0.3) is 0 Å². The van der Waals surface area contributed by atoms with Gasteiger partial charge in [-0.15, -0.1) is 5.10 Å². The Bertz CT molecular complexity index is 347. The van der Waals surface area contributed by atoms with Crippen LogP contribution in [0.3, 0.4) is 0 Å². The second-order valence-corrected chi connectivity index (χ2v) is 4.16. The number of carbonyl (C=O) groups is 1. The molecule has 0 saturated heterocycles. The van der Waals surface area contributed by atoms with Gasteiger partial charge in [0, 0.05) is 0 Å². The Balaban J connectivity index is 2.80. The number of esters is 1. The number of hydrogen-bond donors (Lipinski definition) is 0. The SMILES string of the molecule is CC(C)(C)OC(=O)c1cnnc(Cl)c1. The predicted octanol–water partition coefficient (Wildman–Crippen LogP) is 2.09. The first-order valence-electron chi connectivity index (χ1n) is 4.10. The Kier molecular flexibility index (Phi) is 3.06. The average Bonchev–Trinajstić information content (AvgIpc) is 2.01. The first kappa shape index (κ1) is 10.9. The van der Waals surface area contributed by atoms with E-state index in [1.807, 2.05) is 0 Å². The van der Waals surface area contributed by atoms with Crippen molar-refractivity contribution in [2.24, 2.45) is 0 Å². The van der Waals surface area contributed by atoms with E-state index in [0.29, 0.717) is 5.56 Å². The summed E-state index contributed by atoms with van der Waals surface area (Å²) in [5, 5.41) is 7.25. The lowest BCUT2D eigenvalue weighted by Crippen LogP contribution is -2.24. The van der Waals surface area contributed by atoms with E-state index in [0.717, 1.165) is 0 Å². The van der Waals surface area contributed by atoms with Gasteiger partial charge in [0.15, 0.2) is 5.15 Å². The molecule has 0 fully saturated rings. The van der Waals surface area contributed by atoms with Crippen LogP contribution in [0.4, 0.5) is 0 Å². The van der Waals surface area contributed by atoms with Crippen LogP contribution >= 0.6 is 11.6 Å². The number of halogens is 1. The third kappa shape index (κ3) is 3.30. The highest BCUT2D eigenvalue weighted by Crippen LogP contribution is 2.12. The molecule has 14 heavy (non-hydrogen) atoms. The van der Waals surface area contributed by atoms with Crippen molar-refractivity contribution in [2.45, 2.75) is 26.4 Å². The molecule has 1 aromatic heterocycles. The van der Waals surface area contributed by atoms with Crippen LogP contribution in [0.5, 0.6) is 0 Å². The minimum Gasteiger partial charge on any atom is -0.456 e. The molecule has 0 aromatic carbocycles. The van der Waals surface area contributed by atoms with Crippen LogP contribution < -0.4 is 0 Å². The number of aromatic nitrogens is 2. The Labute approximate surface area is 87.2 Å². The minimum absolute atomic E-state index is 0.174. The van der Waals surface area contributed by atoms with E-state index in [2.05, 4.69) is 10.2 Å². The minimum atomic E-state index is -0.521. The van der Waals surface area contributed by atoms with E-state index in [4.69, 9.17) is 16.3 Å². The van der Waals surface area contributed by atoms with E-state index < -0.39 is 11.6 Å². The van der Waals surface area contributed by atoms with Crippen molar-refractivity contribution in [3.8, 4) is 0 Å². The Morgan fingerprint density at radius 3 is 2.64 bits per heavy atom. The molecule has 0 amide bonds. The summed E-state index contributed by atoms with van der Waals surface area (Å²) in [5.74, 6) is -0.450. The quantitative estimate of drug-likeness (QED) is 0.672. The van der Waals surface area contributed by atoms with E-state index in [9.17, 15) is 4.79 Å². The maximum atomic E-state index is 11.5. The van der Waals surface area contributed by atoms with Gasteiger partial charge < -0.3 is 4.74 Å². The van der Waals surface area contributed by atoms with E-state index in [1.54, 1.807) is 20.8 Å². The molecule has 0 spiro atoms. The zero-order valence-corrected chi connectivity index (χ0v) is 9.00. The lowest BCUT2D eigenvalue weighted by Gasteiger charge is -2.19. The Morgan fingerprint density at radius 1 is 1.50 bits per heavy atom. The largest absolute Gasteiger partial charge is 0.456 e. The van der Waals surface area contributed by atoms with Gasteiger partial charge in [-0.25, -0.2) is 4.79 Å². The third-order valence-electron chi connectivity index (χ3n) is 1.26. The molecule has 0 N–H and O–H groups in total. The molecule has 1 heterocycles. The smallest absolute Gasteiger partial charge is 0.340 e. The van der Waals surface area contributed by atoms with Gasteiger partial charge in [-0.1, -0.05) is 11.6 Å². The fraction of sp³-hybridized carbons (Fsp3) is 0.444. The van der Waals surface area contributed by atoms with Gasteiger partial charge in [0.25, 0.3) is 0 Å². The molecule has 0 aliphatic rings. The van der Waals surface area contributed by atoms with E-state index in [1.165, 1.54) is 12.3 Å². The van der Waals surface area contributed by atoms with Gasteiger partial charge in [0.1, 0.15) is 5.60 Å². The first-order valence-corrected chi connectivity index (χ1v) is 4.48. The normalized spacial score (nSPS) is 11.1. The summed E-state index contributed by atoms with van der Waals surface area (Å²) in [6.07, 6.45) is 1.32. The topological polar surface area (TPSA) is 52.1 Å². The summed E-state index contributed by atoms with van der Waals surface area (Å²) in [6.45, 7) is 5.38. The van der Waals surface area contributed by atoms with Gasteiger partial charge in [-0.3, -0.25) is 0 Å². The molecule has 1 aromatic rings. The fourth-order valence-corrected chi connectivity index (χ4v) is 0.951. The summed E-state index contributed by atoms with van der Waals surface area (Å²) in [6, 6.07) is 1.42. The molecule has 4 nitrogen and oxygen atoms in total. The van der Waals surface area contributed by atoms with E-state index in [-0.39, 0.29) is 5.15 Å². The molecule has 5 heteroatoms. The van der Waals surface area contributed by atoms with Crippen molar-refractivity contribution in [3.63, 3.8) is 0 Å². The second-order valence-electron chi connectivity index (χ2n) is 3.77. The number of rotatable bonds is 1. The monoisotopic (exact) mass is 214 g/mol. The zero-order chi connectivity index (χ0) is 10.8. The van der Waals surface area contributed by atoms with Crippen molar-refractivity contribution >= 4 is 17.6 Å². The standard InChI is InChI=1S/C9H11ClN2O2/c1-9(2,3)14-8(13)6-4-7(10)12-11-5-6/h4-5H,1-3H3. The number of carbonyl (C=O) groups excluding carboxylic acids is 1. The molecule has 0 radical (unpaired) electrons. The Morgan fingerprint density at radius 2 is 2.14 bits per heavy atom. The molecule has 0 bridgehead atoms. The second kappa shape index (κ2) is 3.92. The van der Waals surface area contributed by atoms with Crippen molar-refractivity contribution in [2.75, 3.05) is 0 Å². The van der Waals surface area contributed by atoms with Gasteiger partial charge in [0.05, 0.1) is 11.8 Å². The Hall–Kier alpha value is -1.16. The van der Waals surface area contributed by atoms with Crippen LogP contribution in [-0.4, -0.2) is 21.8 Å². The van der Waals surface area contributed by atoms with Crippen molar-refractivity contribution < 1.29 is 9.53 Å². The number of ether oxygens (including phenoxy) is 1. The zero-order valence-electron chi connectivity index (χ0n) is 8.24. The van der Waals surface area contributed by atoms with Crippen molar-refractivity contribution in [1.29, 1.82) is 0 Å². The fourth-order valence-electron chi connectivity index (χ4n) is 0.789. The van der Waals surface area contributed by atoms with Crippen LogP contribution in [0.2, 0.25) is 5.15 Å². The summed E-state index contributed by atoms with van der Waals surface area (Å²) in [4.78, 5) is 11.5. The first-order chi connectivity index (χ1) is 6.38. The number of nitrogens with zero attached hydrogens (tertiary/aromatic N) is 2. The van der Waals surface area contributed by atoms with E-state index >= 15 is 0 Å². The van der Waals surface area contributed by atoms with Gasteiger partial charge >= 0.3 is 5.97 Å². The van der Waals surface area contributed by atoms with Crippen LogP contribution in [0, 0.1) is 0 Å². The molecule has 0 aliphatic heterocycles. The molecular formula is C9H11ClN2O2. The lowest BCUT2D eigenvalue weighted by molar-refractivity contribution is 0.00688. The third-order valence-corrected chi connectivity index (χ3v) is 1.44. The van der Waals surface area contributed by atoms with Gasteiger partial charge in [-0.05, 0) is 26.8 Å². The summed E-state index contributed by atoms with van der Waals surface area (Å²) >= 11 is 5.58. The molecule has 0 atom stereocenters. The van der Waals surface area contributed by atoms with Crippen molar-refractivity contribution in [3.05, 3.63) is 23.0 Å². The lowest BCUT2D eigenvalue weighted by atomic mass is 10.2. The van der Waals surface area contributed by atoms with Gasteiger partial charge in [0.2, 0.25) is 0 Å². The summed E-state index contributed by atoms with van der Waals surface area (Å²) < 4.78 is 5.11. The predicted molar refractivity (Wildman–Crippen MR) is 52.2 cm³/mol. The molecule has 0 unspecified atom stereocenters. The maximum absolute atomic E-state index is 11.5. The van der Waals surface area contributed by atoms with Crippen molar-refractivity contribution in [1.82, 2.24) is 10.2 Å². The highest BCUT2D eigenvalue weighted by molar-refractivity contribution is 6.29. The molecule has 1 rings (SSSR count).